The van der Waals surface area contributed by atoms with Crippen LogP contribution in [0, 0.1) is 5.41 Å². The van der Waals surface area contributed by atoms with E-state index in [0.717, 1.165) is 35.2 Å². The predicted molar refractivity (Wildman–Crippen MR) is 112 cm³/mol. The van der Waals surface area contributed by atoms with Gasteiger partial charge >= 0.3 is 0 Å². The van der Waals surface area contributed by atoms with Crippen molar-refractivity contribution in [1.29, 1.82) is 0 Å². The summed E-state index contributed by atoms with van der Waals surface area (Å²) in [5.74, 6) is 0.703. The van der Waals surface area contributed by atoms with Gasteiger partial charge in [-0.05, 0) is 55.5 Å². The zero-order valence-electron chi connectivity index (χ0n) is 17.4. The Kier molecular flexibility index (Phi) is 6.11. The Balaban J connectivity index is 1.68. The number of para-hydroxylation sites is 1. The van der Waals surface area contributed by atoms with Crippen LogP contribution < -0.4 is 20.1 Å². The zero-order chi connectivity index (χ0) is 21.0. The number of hydrogen-bond donors (Lipinski definition) is 2. The Morgan fingerprint density at radius 1 is 0.966 bits per heavy atom. The summed E-state index contributed by atoms with van der Waals surface area (Å²) in [6.45, 7) is 7.88. The molecular weight excluding hydrogens is 368 g/mol. The zero-order valence-corrected chi connectivity index (χ0v) is 17.4. The lowest BCUT2D eigenvalue weighted by molar-refractivity contribution is -0.138. The topological polar surface area (TPSA) is 76.7 Å². The number of benzene rings is 2. The standard InChI is InChI=1S/C23H28N2O4/c1-5-16-8-7-9-17(6-2)20(16)25-22(27)23(3,4)21(26)24-13-15-10-11-18-19(12-15)29-14-28-18/h7-12H,5-6,13-14H2,1-4H3,(H,24,26)(H,25,27). The molecule has 2 amide bonds. The fraction of sp³-hybridized carbons (Fsp3) is 0.391. The number of amides is 2. The number of fused-ring (bicyclic) bond motifs is 1. The molecule has 0 unspecified atom stereocenters. The summed E-state index contributed by atoms with van der Waals surface area (Å²) in [6, 6.07) is 11.5. The van der Waals surface area contributed by atoms with Gasteiger partial charge in [0.1, 0.15) is 5.41 Å². The number of anilines is 1. The Hall–Kier alpha value is -3.02. The molecule has 1 heterocycles. The highest BCUT2D eigenvalue weighted by Crippen LogP contribution is 2.32. The van der Waals surface area contributed by atoms with Gasteiger partial charge < -0.3 is 20.1 Å². The van der Waals surface area contributed by atoms with E-state index in [-0.39, 0.29) is 18.6 Å². The second kappa shape index (κ2) is 8.55. The lowest BCUT2D eigenvalue weighted by Gasteiger charge is -2.24. The molecule has 0 aromatic heterocycles. The molecule has 2 N–H and O–H groups in total. The van der Waals surface area contributed by atoms with Crippen LogP contribution in [-0.4, -0.2) is 18.6 Å². The summed E-state index contributed by atoms with van der Waals surface area (Å²) in [5.41, 5.74) is 2.61. The van der Waals surface area contributed by atoms with Crippen molar-refractivity contribution in [1.82, 2.24) is 5.32 Å². The van der Waals surface area contributed by atoms with Gasteiger partial charge in [-0.25, -0.2) is 0 Å². The second-order valence-electron chi connectivity index (χ2n) is 7.61. The molecule has 3 rings (SSSR count). The number of ether oxygens (including phenoxy) is 2. The van der Waals surface area contributed by atoms with Crippen molar-refractivity contribution in [2.45, 2.75) is 47.1 Å². The summed E-state index contributed by atoms with van der Waals surface area (Å²) in [7, 11) is 0. The lowest BCUT2D eigenvalue weighted by atomic mass is 9.90. The van der Waals surface area contributed by atoms with Crippen LogP contribution in [-0.2, 0) is 29.0 Å². The summed E-state index contributed by atoms with van der Waals surface area (Å²) in [4.78, 5) is 25.8. The molecule has 1 aliphatic heterocycles. The smallest absolute Gasteiger partial charge is 0.239 e. The van der Waals surface area contributed by atoms with Crippen LogP contribution in [0.15, 0.2) is 36.4 Å². The van der Waals surface area contributed by atoms with Crippen molar-refractivity contribution in [3.63, 3.8) is 0 Å². The molecular formula is C23H28N2O4. The molecule has 6 nitrogen and oxygen atoms in total. The molecule has 6 heteroatoms. The van der Waals surface area contributed by atoms with Gasteiger partial charge in [0.15, 0.2) is 11.5 Å². The van der Waals surface area contributed by atoms with Crippen molar-refractivity contribution < 1.29 is 19.1 Å². The van der Waals surface area contributed by atoms with E-state index in [2.05, 4.69) is 10.6 Å². The molecule has 0 radical (unpaired) electrons. The van der Waals surface area contributed by atoms with Gasteiger partial charge in [-0.1, -0.05) is 38.1 Å². The SMILES string of the molecule is CCc1cccc(CC)c1NC(=O)C(C)(C)C(=O)NCc1ccc2c(c1)OCO2. The van der Waals surface area contributed by atoms with Crippen molar-refractivity contribution in [2.24, 2.45) is 5.41 Å². The highest BCUT2D eigenvalue weighted by molar-refractivity contribution is 6.10. The molecule has 0 saturated heterocycles. The number of nitrogens with one attached hydrogen (secondary N) is 2. The van der Waals surface area contributed by atoms with Crippen LogP contribution in [0.1, 0.15) is 44.4 Å². The second-order valence-corrected chi connectivity index (χ2v) is 7.61. The Morgan fingerprint density at radius 2 is 1.62 bits per heavy atom. The van der Waals surface area contributed by atoms with E-state index in [1.807, 2.05) is 50.2 Å². The average molecular weight is 396 g/mol. The molecule has 0 spiro atoms. The molecule has 0 saturated carbocycles. The maximum absolute atomic E-state index is 13.0. The third-order valence-corrected chi connectivity index (χ3v) is 5.26. The maximum Gasteiger partial charge on any atom is 0.239 e. The number of aryl methyl sites for hydroxylation is 2. The van der Waals surface area contributed by atoms with E-state index in [9.17, 15) is 9.59 Å². The van der Waals surface area contributed by atoms with Crippen molar-refractivity contribution in [3.8, 4) is 11.5 Å². The first-order chi connectivity index (χ1) is 13.9. The Morgan fingerprint density at radius 3 is 2.28 bits per heavy atom. The fourth-order valence-corrected chi connectivity index (χ4v) is 3.23. The van der Waals surface area contributed by atoms with Gasteiger partial charge in [-0.2, -0.15) is 0 Å². The van der Waals surface area contributed by atoms with Crippen molar-refractivity contribution in [2.75, 3.05) is 12.1 Å². The minimum Gasteiger partial charge on any atom is -0.454 e. The molecule has 2 aromatic carbocycles. The third kappa shape index (κ3) is 4.36. The van der Waals surface area contributed by atoms with E-state index in [1.54, 1.807) is 13.8 Å². The summed E-state index contributed by atoms with van der Waals surface area (Å²) >= 11 is 0. The van der Waals surface area contributed by atoms with E-state index in [4.69, 9.17) is 9.47 Å². The minimum absolute atomic E-state index is 0.206. The Labute approximate surface area is 171 Å². The summed E-state index contributed by atoms with van der Waals surface area (Å²) < 4.78 is 10.7. The Bertz CT molecular complexity index is 899. The van der Waals surface area contributed by atoms with E-state index < -0.39 is 5.41 Å². The highest BCUT2D eigenvalue weighted by Gasteiger charge is 2.36. The van der Waals surface area contributed by atoms with Crippen LogP contribution in [0.25, 0.3) is 0 Å². The van der Waals surface area contributed by atoms with Crippen LogP contribution in [0.4, 0.5) is 5.69 Å². The normalized spacial score (nSPS) is 12.6. The first-order valence-corrected chi connectivity index (χ1v) is 9.95. The third-order valence-electron chi connectivity index (χ3n) is 5.26. The molecule has 0 atom stereocenters. The molecule has 0 bridgehead atoms. The van der Waals surface area contributed by atoms with E-state index >= 15 is 0 Å². The monoisotopic (exact) mass is 396 g/mol. The molecule has 29 heavy (non-hydrogen) atoms. The van der Waals surface area contributed by atoms with Crippen molar-refractivity contribution in [3.05, 3.63) is 53.1 Å². The highest BCUT2D eigenvalue weighted by atomic mass is 16.7. The number of hydrogen-bond acceptors (Lipinski definition) is 4. The largest absolute Gasteiger partial charge is 0.454 e. The van der Waals surface area contributed by atoms with Crippen LogP contribution in [0.2, 0.25) is 0 Å². The van der Waals surface area contributed by atoms with Gasteiger partial charge in [0.05, 0.1) is 0 Å². The van der Waals surface area contributed by atoms with Crippen LogP contribution in [0.5, 0.6) is 11.5 Å². The summed E-state index contributed by atoms with van der Waals surface area (Å²) in [5, 5.41) is 5.86. The van der Waals surface area contributed by atoms with Crippen LogP contribution in [0.3, 0.4) is 0 Å². The van der Waals surface area contributed by atoms with Gasteiger partial charge in [-0.15, -0.1) is 0 Å². The fourth-order valence-electron chi connectivity index (χ4n) is 3.23. The molecule has 2 aromatic rings. The molecule has 0 aliphatic carbocycles. The molecule has 1 aliphatic rings. The van der Waals surface area contributed by atoms with Gasteiger partial charge in [0.25, 0.3) is 0 Å². The van der Waals surface area contributed by atoms with E-state index in [0.29, 0.717) is 18.0 Å². The first kappa shape index (κ1) is 20.7. The minimum atomic E-state index is -1.22. The number of rotatable bonds is 7. The van der Waals surface area contributed by atoms with E-state index in [1.165, 1.54) is 0 Å². The van der Waals surface area contributed by atoms with Crippen LogP contribution >= 0.6 is 0 Å². The molecule has 154 valence electrons. The quantitative estimate of drug-likeness (QED) is 0.698. The van der Waals surface area contributed by atoms with Gasteiger partial charge in [0, 0.05) is 12.2 Å². The van der Waals surface area contributed by atoms with Gasteiger partial charge in [-0.3, -0.25) is 9.59 Å². The average Bonchev–Trinajstić information content (AvgIpc) is 3.19. The number of carbonyl (C=O) groups excluding carboxylic acids is 2. The lowest BCUT2D eigenvalue weighted by Crippen LogP contribution is -2.45. The number of carbonyl (C=O) groups is 2. The van der Waals surface area contributed by atoms with Gasteiger partial charge in [0.2, 0.25) is 18.6 Å². The first-order valence-electron chi connectivity index (χ1n) is 9.95. The molecule has 0 fully saturated rings. The summed E-state index contributed by atoms with van der Waals surface area (Å²) in [6.07, 6.45) is 1.61. The van der Waals surface area contributed by atoms with Crippen molar-refractivity contribution >= 4 is 17.5 Å². The maximum atomic E-state index is 13.0. The predicted octanol–water partition coefficient (Wildman–Crippen LogP) is 3.82.